The lowest BCUT2D eigenvalue weighted by molar-refractivity contribution is 1.22. The first-order valence-corrected chi connectivity index (χ1v) is 6.76. The van der Waals surface area contributed by atoms with Gasteiger partial charge in [0.15, 0.2) is 0 Å². The normalized spacial score (nSPS) is 8.56. The molecule has 0 radical (unpaired) electrons. The topological polar surface area (TPSA) is 12.9 Å². The highest BCUT2D eigenvalue weighted by Crippen LogP contribution is 2.21. The van der Waals surface area contributed by atoms with Crippen LogP contribution >= 0.6 is 0 Å². The minimum absolute atomic E-state index is 1.09. The first-order chi connectivity index (χ1) is 8.79. The highest BCUT2D eigenvalue weighted by molar-refractivity contribution is 5.63. The van der Waals surface area contributed by atoms with Crippen molar-refractivity contribution in [3.63, 3.8) is 0 Å². The highest BCUT2D eigenvalue weighted by Gasteiger charge is 2.03. The van der Waals surface area contributed by atoms with Crippen LogP contribution in [0.15, 0.2) is 42.6 Å². The molecule has 0 saturated heterocycles. The van der Waals surface area contributed by atoms with E-state index in [1.54, 1.807) is 0 Å². The van der Waals surface area contributed by atoms with Crippen LogP contribution in [0.4, 0.5) is 0 Å². The molecule has 0 aliphatic rings. The fraction of sp³-hybridized carbons (Fsp3) is 0.353. The maximum Gasteiger partial charge on any atom is 0.0733 e. The largest absolute Gasteiger partial charge is 0.256 e. The molecule has 2 aromatic rings. The van der Waals surface area contributed by atoms with Crippen LogP contribution in [0.2, 0.25) is 0 Å². The van der Waals surface area contributed by atoms with Gasteiger partial charge in [-0.15, -0.1) is 0 Å². The Morgan fingerprint density at radius 2 is 1.33 bits per heavy atom. The van der Waals surface area contributed by atoms with Gasteiger partial charge < -0.3 is 0 Å². The zero-order chi connectivity index (χ0) is 14.0. The summed E-state index contributed by atoms with van der Waals surface area (Å²) in [6.45, 7) is 12.2. The molecule has 2 rings (SSSR count). The molecule has 0 fully saturated rings. The second kappa shape index (κ2) is 9.41. The summed E-state index contributed by atoms with van der Waals surface area (Å²) in [5, 5.41) is 0. The van der Waals surface area contributed by atoms with Gasteiger partial charge >= 0.3 is 0 Å². The molecule has 0 bridgehead atoms. The number of benzene rings is 1. The summed E-state index contributed by atoms with van der Waals surface area (Å²) >= 11 is 0. The van der Waals surface area contributed by atoms with E-state index in [0.717, 1.165) is 5.69 Å². The summed E-state index contributed by atoms with van der Waals surface area (Å²) in [5.74, 6) is 0. The number of pyridine rings is 1. The van der Waals surface area contributed by atoms with Crippen LogP contribution in [0.5, 0.6) is 0 Å². The molecule has 0 N–H and O–H groups in total. The van der Waals surface area contributed by atoms with Gasteiger partial charge in [0.05, 0.1) is 5.69 Å². The summed E-state index contributed by atoms with van der Waals surface area (Å²) < 4.78 is 0. The van der Waals surface area contributed by atoms with Crippen LogP contribution in [0.25, 0.3) is 11.3 Å². The van der Waals surface area contributed by atoms with Gasteiger partial charge in [0.25, 0.3) is 0 Å². The predicted molar refractivity (Wildman–Crippen MR) is 81.8 cm³/mol. The van der Waals surface area contributed by atoms with Crippen molar-refractivity contribution in [3.8, 4) is 11.3 Å². The van der Waals surface area contributed by atoms with E-state index < -0.39 is 0 Å². The third-order valence-corrected chi connectivity index (χ3v) is 2.52. The smallest absolute Gasteiger partial charge is 0.0733 e. The molecular formula is C17H25N. The Bertz CT molecular complexity index is 433. The molecule has 18 heavy (non-hydrogen) atoms. The molecule has 1 aromatic carbocycles. The summed E-state index contributed by atoms with van der Waals surface area (Å²) in [6, 6.07) is 12.3. The monoisotopic (exact) mass is 243 g/mol. The molecule has 1 heteroatoms. The first kappa shape index (κ1) is 16.4. The molecule has 0 saturated carbocycles. The number of rotatable bonds is 1. The molecule has 0 atom stereocenters. The molecule has 1 aromatic heterocycles. The molecular weight excluding hydrogens is 218 g/mol. The molecule has 98 valence electrons. The van der Waals surface area contributed by atoms with Gasteiger partial charge in [-0.05, 0) is 31.0 Å². The molecule has 0 unspecified atom stereocenters. The number of hydrogen-bond donors (Lipinski definition) is 0. The molecule has 0 aliphatic heterocycles. The zero-order valence-corrected chi connectivity index (χ0v) is 12.5. The zero-order valence-electron chi connectivity index (χ0n) is 12.5. The van der Waals surface area contributed by atoms with Crippen molar-refractivity contribution in [3.05, 3.63) is 53.7 Å². The van der Waals surface area contributed by atoms with Gasteiger partial charge in [-0.25, -0.2) is 0 Å². The van der Waals surface area contributed by atoms with E-state index in [1.165, 1.54) is 16.7 Å². The minimum Gasteiger partial charge on any atom is -0.256 e. The van der Waals surface area contributed by atoms with E-state index in [1.807, 2.05) is 58.2 Å². The Morgan fingerprint density at radius 3 is 1.89 bits per heavy atom. The van der Waals surface area contributed by atoms with E-state index in [4.69, 9.17) is 0 Å². The SMILES string of the molecule is CC.CC.Cc1ccnc(-c2ccccc2)c1C. The van der Waals surface area contributed by atoms with Crippen molar-refractivity contribution >= 4 is 0 Å². The maximum atomic E-state index is 4.41. The maximum absolute atomic E-state index is 4.41. The fourth-order valence-electron chi connectivity index (χ4n) is 1.52. The lowest BCUT2D eigenvalue weighted by atomic mass is 10.0. The van der Waals surface area contributed by atoms with Crippen molar-refractivity contribution in [2.24, 2.45) is 0 Å². The third kappa shape index (κ3) is 4.33. The van der Waals surface area contributed by atoms with Crippen molar-refractivity contribution in [1.82, 2.24) is 4.98 Å². The van der Waals surface area contributed by atoms with E-state index in [0.29, 0.717) is 0 Å². The number of nitrogens with zero attached hydrogens (tertiary/aromatic N) is 1. The van der Waals surface area contributed by atoms with Gasteiger partial charge in [-0.1, -0.05) is 58.0 Å². The predicted octanol–water partition coefficient (Wildman–Crippen LogP) is 5.42. The van der Waals surface area contributed by atoms with Crippen LogP contribution in [0.3, 0.4) is 0 Å². The van der Waals surface area contributed by atoms with Crippen molar-refractivity contribution in [2.75, 3.05) is 0 Å². The Labute approximate surface area is 112 Å². The van der Waals surface area contributed by atoms with E-state index in [2.05, 4.69) is 31.0 Å². The lowest BCUT2D eigenvalue weighted by Crippen LogP contribution is -1.90. The number of aromatic nitrogens is 1. The lowest BCUT2D eigenvalue weighted by Gasteiger charge is -2.06. The Morgan fingerprint density at radius 1 is 0.778 bits per heavy atom. The van der Waals surface area contributed by atoms with E-state index >= 15 is 0 Å². The van der Waals surface area contributed by atoms with Gasteiger partial charge in [0.2, 0.25) is 0 Å². The quantitative estimate of drug-likeness (QED) is 0.652. The van der Waals surface area contributed by atoms with Crippen molar-refractivity contribution in [1.29, 1.82) is 0 Å². The number of hydrogen-bond acceptors (Lipinski definition) is 1. The van der Waals surface area contributed by atoms with Crippen LogP contribution in [-0.4, -0.2) is 4.98 Å². The average molecular weight is 243 g/mol. The van der Waals surface area contributed by atoms with Crippen LogP contribution < -0.4 is 0 Å². The second-order valence-corrected chi connectivity index (χ2v) is 3.47. The fourth-order valence-corrected chi connectivity index (χ4v) is 1.52. The first-order valence-electron chi connectivity index (χ1n) is 6.76. The van der Waals surface area contributed by atoms with Crippen molar-refractivity contribution in [2.45, 2.75) is 41.5 Å². The molecule has 0 amide bonds. The van der Waals surface area contributed by atoms with Gasteiger partial charge in [-0.2, -0.15) is 0 Å². The molecule has 1 nitrogen and oxygen atoms in total. The van der Waals surface area contributed by atoms with Crippen LogP contribution in [0.1, 0.15) is 38.8 Å². The van der Waals surface area contributed by atoms with E-state index in [-0.39, 0.29) is 0 Å². The second-order valence-electron chi connectivity index (χ2n) is 3.47. The van der Waals surface area contributed by atoms with Gasteiger partial charge in [0.1, 0.15) is 0 Å². The summed E-state index contributed by atoms with van der Waals surface area (Å²) in [6.07, 6.45) is 1.87. The molecule has 1 heterocycles. The molecule has 0 aliphatic carbocycles. The van der Waals surface area contributed by atoms with Crippen molar-refractivity contribution < 1.29 is 0 Å². The van der Waals surface area contributed by atoms with Crippen LogP contribution in [-0.2, 0) is 0 Å². The summed E-state index contributed by atoms with van der Waals surface area (Å²) in [5.41, 5.74) is 4.83. The summed E-state index contributed by atoms with van der Waals surface area (Å²) in [7, 11) is 0. The average Bonchev–Trinajstić information content (AvgIpc) is 2.47. The van der Waals surface area contributed by atoms with E-state index in [9.17, 15) is 0 Å². The Kier molecular flexibility index (Phi) is 8.55. The molecule has 0 spiro atoms. The minimum atomic E-state index is 1.09. The standard InChI is InChI=1S/C13H13N.2C2H6/c1-10-8-9-14-13(11(10)2)12-6-4-3-5-7-12;2*1-2/h3-9H,1-2H3;2*1-2H3. The number of aryl methyl sites for hydroxylation is 1. The Hall–Kier alpha value is -1.63. The van der Waals surface area contributed by atoms with Gasteiger partial charge in [-0.3, -0.25) is 4.98 Å². The highest BCUT2D eigenvalue weighted by atomic mass is 14.7. The van der Waals surface area contributed by atoms with Crippen LogP contribution in [0, 0.1) is 13.8 Å². The third-order valence-electron chi connectivity index (χ3n) is 2.52. The van der Waals surface area contributed by atoms with Gasteiger partial charge in [0, 0.05) is 11.8 Å². The summed E-state index contributed by atoms with van der Waals surface area (Å²) in [4.78, 5) is 4.41. The Balaban J connectivity index is 0.000000659.